The first kappa shape index (κ1) is 13.7. The summed E-state index contributed by atoms with van der Waals surface area (Å²) in [6.07, 6.45) is 4.13. The predicted octanol–water partition coefficient (Wildman–Crippen LogP) is 1.78. The van der Waals surface area contributed by atoms with Gasteiger partial charge < -0.3 is 11.1 Å². The zero-order chi connectivity index (χ0) is 13.0. The molecule has 0 aliphatic heterocycles. The maximum atomic E-state index is 11.8. The maximum Gasteiger partial charge on any atom is 0.241 e. The Morgan fingerprint density at radius 2 is 2.12 bits per heavy atom. The van der Waals surface area contributed by atoms with Gasteiger partial charge in [-0.1, -0.05) is 13.8 Å². The van der Waals surface area contributed by atoms with Crippen molar-refractivity contribution in [3.8, 4) is 0 Å². The van der Waals surface area contributed by atoms with Crippen molar-refractivity contribution in [1.82, 2.24) is 9.78 Å². The maximum absolute atomic E-state index is 11.8. The molecule has 3 N–H and O–H groups in total. The Kier molecular flexibility index (Phi) is 4.69. The molecule has 0 radical (unpaired) electrons. The van der Waals surface area contributed by atoms with E-state index in [9.17, 15) is 4.79 Å². The van der Waals surface area contributed by atoms with E-state index in [2.05, 4.69) is 10.4 Å². The van der Waals surface area contributed by atoms with Crippen LogP contribution in [0.1, 0.15) is 40.2 Å². The van der Waals surface area contributed by atoms with E-state index in [0.717, 1.165) is 0 Å². The lowest BCUT2D eigenvalue weighted by molar-refractivity contribution is -0.117. The summed E-state index contributed by atoms with van der Waals surface area (Å²) in [6.45, 7) is 8.15. The number of nitrogens with zero attached hydrogens (tertiary/aromatic N) is 2. The molecule has 0 aliphatic rings. The molecule has 1 atom stereocenters. The third kappa shape index (κ3) is 4.19. The van der Waals surface area contributed by atoms with Crippen molar-refractivity contribution in [2.24, 2.45) is 11.7 Å². The van der Waals surface area contributed by atoms with E-state index < -0.39 is 6.04 Å². The fourth-order valence-electron chi connectivity index (χ4n) is 1.53. The number of hydrogen-bond donors (Lipinski definition) is 2. The van der Waals surface area contributed by atoms with Crippen LogP contribution in [0.2, 0.25) is 0 Å². The minimum atomic E-state index is -0.461. The number of nitrogens with two attached hydrogens (primary N) is 1. The fourth-order valence-corrected chi connectivity index (χ4v) is 1.53. The van der Waals surface area contributed by atoms with Crippen molar-refractivity contribution in [2.75, 3.05) is 5.32 Å². The number of anilines is 1. The van der Waals surface area contributed by atoms with Gasteiger partial charge in [-0.3, -0.25) is 9.48 Å². The van der Waals surface area contributed by atoms with Gasteiger partial charge in [0.05, 0.1) is 17.9 Å². The first-order valence-corrected chi connectivity index (χ1v) is 6.00. The predicted molar refractivity (Wildman–Crippen MR) is 68.7 cm³/mol. The van der Waals surface area contributed by atoms with Gasteiger partial charge in [-0.05, 0) is 26.2 Å². The van der Waals surface area contributed by atoms with E-state index >= 15 is 0 Å². The SMILES string of the molecule is CC(C)C[C@@H](N)C(=O)Nc1cnn(C(C)C)c1. The second kappa shape index (κ2) is 5.82. The Labute approximate surface area is 102 Å². The van der Waals surface area contributed by atoms with Gasteiger partial charge in [0.25, 0.3) is 0 Å². The highest BCUT2D eigenvalue weighted by Gasteiger charge is 2.15. The molecule has 0 bridgehead atoms. The topological polar surface area (TPSA) is 72.9 Å². The summed E-state index contributed by atoms with van der Waals surface area (Å²) in [5.74, 6) is 0.260. The van der Waals surface area contributed by atoms with Gasteiger partial charge in [0.15, 0.2) is 0 Å². The second-order valence-electron chi connectivity index (χ2n) is 5.03. The van der Waals surface area contributed by atoms with Gasteiger partial charge in [0.2, 0.25) is 5.91 Å². The molecule has 96 valence electrons. The van der Waals surface area contributed by atoms with Crippen LogP contribution in [0.4, 0.5) is 5.69 Å². The third-order valence-electron chi connectivity index (χ3n) is 2.46. The van der Waals surface area contributed by atoms with E-state index in [0.29, 0.717) is 18.0 Å². The monoisotopic (exact) mass is 238 g/mol. The first-order valence-electron chi connectivity index (χ1n) is 6.00. The average molecular weight is 238 g/mol. The van der Waals surface area contributed by atoms with Crippen LogP contribution in [-0.4, -0.2) is 21.7 Å². The quantitative estimate of drug-likeness (QED) is 0.821. The lowest BCUT2D eigenvalue weighted by Crippen LogP contribution is -2.36. The highest BCUT2D eigenvalue weighted by Crippen LogP contribution is 2.11. The van der Waals surface area contributed by atoms with Crippen molar-refractivity contribution < 1.29 is 4.79 Å². The Morgan fingerprint density at radius 3 is 2.59 bits per heavy atom. The number of carbonyl (C=O) groups is 1. The third-order valence-corrected chi connectivity index (χ3v) is 2.46. The standard InChI is InChI=1S/C12H22N4O/c1-8(2)5-11(13)12(17)15-10-6-14-16(7-10)9(3)4/h6-9,11H,5,13H2,1-4H3,(H,15,17)/t11-/m1/s1. The minimum absolute atomic E-state index is 0.151. The van der Waals surface area contributed by atoms with Gasteiger partial charge in [0.1, 0.15) is 0 Å². The van der Waals surface area contributed by atoms with Crippen molar-refractivity contribution in [3.63, 3.8) is 0 Å². The van der Waals surface area contributed by atoms with Crippen LogP contribution in [0.15, 0.2) is 12.4 Å². The molecule has 1 amide bonds. The summed E-state index contributed by atoms with van der Waals surface area (Å²) in [7, 11) is 0. The van der Waals surface area contributed by atoms with Gasteiger partial charge in [0, 0.05) is 12.2 Å². The smallest absolute Gasteiger partial charge is 0.241 e. The minimum Gasteiger partial charge on any atom is -0.322 e. The van der Waals surface area contributed by atoms with Crippen LogP contribution in [0.25, 0.3) is 0 Å². The molecule has 0 unspecified atom stereocenters. The molecule has 1 aromatic rings. The lowest BCUT2D eigenvalue weighted by atomic mass is 10.0. The van der Waals surface area contributed by atoms with Crippen molar-refractivity contribution in [1.29, 1.82) is 0 Å². The molecule has 1 heterocycles. The molecule has 5 nitrogen and oxygen atoms in total. The Bertz CT molecular complexity index is 370. The number of aromatic nitrogens is 2. The normalized spacial score (nSPS) is 13.1. The highest BCUT2D eigenvalue weighted by molar-refractivity contribution is 5.94. The van der Waals surface area contributed by atoms with Crippen molar-refractivity contribution in [3.05, 3.63) is 12.4 Å². The van der Waals surface area contributed by atoms with Crippen LogP contribution in [0.3, 0.4) is 0 Å². The molecule has 1 aromatic heterocycles. The Morgan fingerprint density at radius 1 is 1.47 bits per heavy atom. The van der Waals surface area contributed by atoms with Crippen LogP contribution >= 0.6 is 0 Å². The molecule has 0 saturated heterocycles. The van der Waals surface area contributed by atoms with Crippen LogP contribution in [0.5, 0.6) is 0 Å². The largest absolute Gasteiger partial charge is 0.322 e. The number of nitrogens with one attached hydrogen (secondary N) is 1. The lowest BCUT2D eigenvalue weighted by Gasteiger charge is -2.13. The molecule has 5 heteroatoms. The summed E-state index contributed by atoms with van der Waals surface area (Å²) in [6, 6.07) is -0.178. The summed E-state index contributed by atoms with van der Waals surface area (Å²) < 4.78 is 1.80. The molecule has 0 aliphatic carbocycles. The Balaban J connectivity index is 2.55. The first-order chi connectivity index (χ1) is 7.90. The van der Waals surface area contributed by atoms with Crippen LogP contribution < -0.4 is 11.1 Å². The number of amides is 1. The van der Waals surface area contributed by atoms with Crippen LogP contribution in [0, 0.1) is 5.92 Å². The number of carbonyl (C=O) groups excluding carboxylic acids is 1. The van der Waals surface area contributed by atoms with Crippen molar-refractivity contribution in [2.45, 2.75) is 46.2 Å². The van der Waals surface area contributed by atoms with E-state index in [1.165, 1.54) is 0 Å². The molecule has 0 fully saturated rings. The molecule has 0 aromatic carbocycles. The second-order valence-corrected chi connectivity index (χ2v) is 5.03. The van der Waals surface area contributed by atoms with Gasteiger partial charge in [-0.2, -0.15) is 5.10 Å². The zero-order valence-corrected chi connectivity index (χ0v) is 11.0. The van der Waals surface area contributed by atoms with Gasteiger partial charge in [-0.25, -0.2) is 0 Å². The average Bonchev–Trinajstić information content (AvgIpc) is 2.65. The molecule has 0 saturated carbocycles. The molecular weight excluding hydrogens is 216 g/mol. The summed E-state index contributed by atoms with van der Waals surface area (Å²) in [4.78, 5) is 11.8. The number of hydrogen-bond acceptors (Lipinski definition) is 3. The van der Waals surface area contributed by atoms with E-state index in [4.69, 9.17) is 5.73 Å². The molecule has 0 spiro atoms. The Hall–Kier alpha value is -1.36. The van der Waals surface area contributed by atoms with Gasteiger partial charge in [-0.15, -0.1) is 0 Å². The molecular formula is C12H22N4O. The van der Waals surface area contributed by atoms with E-state index in [-0.39, 0.29) is 11.9 Å². The van der Waals surface area contributed by atoms with E-state index in [1.807, 2.05) is 33.9 Å². The number of rotatable bonds is 5. The molecule has 17 heavy (non-hydrogen) atoms. The molecule has 1 rings (SSSR count). The summed E-state index contributed by atoms with van der Waals surface area (Å²) in [5.41, 5.74) is 6.49. The summed E-state index contributed by atoms with van der Waals surface area (Å²) in [5, 5.41) is 6.93. The van der Waals surface area contributed by atoms with E-state index in [1.54, 1.807) is 10.9 Å². The zero-order valence-electron chi connectivity index (χ0n) is 11.0. The summed E-state index contributed by atoms with van der Waals surface area (Å²) >= 11 is 0. The highest BCUT2D eigenvalue weighted by atomic mass is 16.2. The van der Waals surface area contributed by atoms with Crippen molar-refractivity contribution >= 4 is 11.6 Å². The van der Waals surface area contributed by atoms with Crippen LogP contribution in [-0.2, 0) is 4.79 Å². The van der Waals surface area contributed by atoms with Gasteiger partial charge >= 0.3 is 0 Å². The fraction of sp³-hybridized carbons (Fsp3) is 0.667.